The van der Waals surface area contributed by atoms with Crippen LogP contribution in [-0.4, -0.2) is 22.8 Å². The first-order valence-corrected chi connectivity index (χ1v) is 10.3. The number of rotatable bonds is 9. The predicted molar refractivity (Wildman–Crippen MR) is 122 cm³/mol. The van der Waals surface area contributed by atoms with E-state index in [9.17, 15) is 15.0 Å². The fourth-order valence-corrected chi connectivity index (χ4v) is 3.09. The van der Waals surface area contributed by atoms with Gasteiger partial charge in [-0.2, -0.15) is 0 Å². The van der Waals surface area contributed by atoms with E-state index < -0.39 is 12.1 Å². The van der Waals surface area contributed by atoms with Crippen molar-refractivity contribution in [2.75, 3.05) is 6.61 Å². The third-order valence-electron chi connectivity index (χ3n) is 4.56. The number of ether oxygens (including phenoxy) is 3. The van der Waals surface area contributed by atoms with Crippen LogP contribution in [0.5, 0.6) is 23.0 Å². The van der Waals surface area contributed by atoms with Gasteiger partial charge < -0.3 is 24.4 Å². The fourth-order valence-electron chi connectivity index (χ4n) is 3.09. The van der Waals surface area contributed by atoms with Crippen molar-refractivity contribution in [3.63, 3.8) is 0 Å². The van der Waals surface area contributed by atoms with Gasteiger partial charge in [-0.1, -0.05) is 42.5 Å². The van der Waals surface area contributed by atoms with Gasteiger partial charge in [-0.15, -0.1) is 0 Å². The zero-order valence-electron chi connectivity index (χ0n) is 18.0. The molecule has 0 fully saturated rings. The van der Waals surface area contributed by atoms with Crippen molar-refractivity contribution in [3.05, 3.63) is 89.5 Å². The third-order valence-corrected chi connectivity index (χ3v) is 4.56. The molecule has 0 spiro atoms. The van der Waals surface area contributed by atoms with Crippen LogP contribution in [0.2, 0.25) is 0 Å². The lowest BCUT2D eigenvalue weighted by molar-refractivity contribution is -0.131. The molecule has 0 radical (unpaired) electrons. The van der Waals surface area contributed by atoms with Gasteiger partial charge in [0.05, 0.1) is 6.61 Å². The van der Waals surface area contributed by atoms with Crippen LogP contribution in [0.3, 0.4) is 0 Å². The van der Waals surface area contributed by atoms with E-state index in [1.807, 2.05) is 37.3 Å². The van der Waals surface area contributed by atoms with Crippen molar-refractivity contribution in [2.45, 2.75) is 26.6 Å². The molecule has 0 amide bonds. The molecule has 0 aliphatic carbocycles. The molecule has 166 valence electrons. The molecule has 0 aromatic heterocycles. The summed E-state index contributed by atoms with van der Waals surface area (Å²) in [6, 6.07) is 19.3. The van der Waals surface area contributed by atoms with Gasteiger partial charge in [0.15, 0.2) is 0 Å². The second kappa shape index (κ2) is 11.0. The molecular weight excluding hydrogens is 408 g/mol. The van der Waals surface area contributed by atoms with E-state index in [-0.39, 0.29) is 5.75 Å². The highest BCUT2D eigenvalue weighted by Gasteiger charge is 2.13. The van der Waals surface area contributed by atoms with E-state index in [4.69, 9.17) is 14.2 Å². The largest absolute Gasteiger partial charge is 0.508 e. The number of carbonyl (C=O) groups is 1. The van der Waals surface area contributed by atoms with E-state index in [0.717, 1.165) is 5.56 Å². The van der Waals surface area contributed by atoms with Gasteiger partial charge in [0, 0.05) is 30.2 Å². The number of hydrogen-bond acceptors (Lipinski definition) is 6. The first-order valence-electron chi connectivity index (χ1n) is 10.3. The average Bonchev–Trinajstić information content (AvgIpc) is 2.77. The Morgan fingerprint density at radius 3 is 2.50 bits per heavy atom. The second-order valence-electron chi connectivity index (χ2n) is 7.03. The summed E-state index contributed by atoms with van der Waals surface area (Å²) in [5, 5.41) is 20.7. The van der Waals surface area contributed by atoms with Crippen molar-refractivity contribution in [1.82, 2.24) is 0 Å². The zero-order valence-corrected chi connectivity index (χ0v) is 18.0. The normalized spacial score (nSPS) is 11.8. The maximum atomic E-state index is 11.2. The number of carbonyl (C=O) groups excluding carboxylic acids is 1. The molecule has 3 aromatic carbocycles. The molecule has 1 unspecified atom stereocenters. The summed E-state index contributed by atoms with van der Waals surface area (Å²) in [5.41, 5.74) is 2.21. The van der Waals surface area contributed by atoms with Gasteiger partial charge in [-0.05, 0) is 36.8 Å². The summed E-state index contributed by atoms with van der Waals surface area (Å²) in [7, 11) is 0. The molecule has 6 nitrogen and oxygen atoms in total. The van der Waals surface area contributed by atoms with Crippen molar-refractivity contribution >= 4 is 12.0 Å². The molecule has 0 saturated carbocycles. The lowest BCUT2D eigenvalue weighted by Gasteiger charge is -2.15. The Labute approximate surface area is 187 Å². The van der Waals surface area contributed by atoms with E-state index in [0.29, 0.717) is 41.6 Å². The van der Waals surface area contributed by atoms with E-state index in [1.54, 1.807) is 36.4 Å². The number of benzene rings is 3. The number of esters is 1. The van der Waals surface area contributed by atoms with Gasteiger partial charge >= 0.3 is 5.97 Å². The van der Waals surface area contributed by atoms with Crippen LogP contribution in [0, 0.1) is 0 Å². The van der Waals surface area contributed by atoms with Crippen molar-refractivity contribution < 1.29 is 29.2 Å². The number of hydrogen-bond donors (Lipinski definition) is 2. The van der Waals surface area contributed by atoms with Crippen LogP contribution < -0.4 is 14.2 Å². The molecule has 0 aliphatic rings. The maximum absolute atomic E-state index is 11.2. The average molecular weight is 434 g/mol. The van der Waals surface area contributed by atoms with Gasteiger partial charge in [0.1, 0.15) is 35.7 Å². The molecule has 0 bridgehead atoms. The highest BCUT2D eigenvalue weighted by atomic mass is 16.5. The molecule has 3 rings (SSSR count). The number of aliphatic hydroxyl groups is 1. The quantitative estimate of drug-likeness (QED) is 0.362. The minimum atomic E-state index is -0.982. The summed E-state index contributed by atoms with van der Waals surface area (Å²) in [6.45, 7) is 3.93. The summed E-state index contributed by atoms with van der Waals surface area (Å²) >= 11 is 0. The summed E-state index contributed by atoms with van der Waals surface area (Å²) in [6.07, 6.45) is 2.34. The summed E-state index contributed by atoms with van der Waals surface area (Å²) < 4.78 is 16.6. The SMILES string of the molecule is CCOc1cc(OC(C)=O)ccc1C=CC(O)c1ccc(O)cc1OCc1ccccc1. The molecule has 32 heavy (non-hydrogen) atoms. The molecule has 0 saturated heterocycles. The van der Waals surface area contributed by atoms with Crippen LogP contribution in [0.25, 0.3) is 6.08 Å². The fraction of sp³-hybridized carbons (Fsp3) is 0.192. The molecule has 6 heteroatoms. The molecule has 0 heterocycles. The molecule has 1 atom stereocenters. The topological polar surface area (TPSA) is 85.2 Å². The number of phenolic OH excluding ortho intramolecular Hbond substituents is 1. The Kier molecular flexibility index (Phi) is 7.89. The van der Waals surface area contributed by atoms with Crippen LogP contribution >= 0.6 is 0 Å². The highest BCUT2D eigenvalue weighted by molar-refractivity contribution is 5.70. The number of aromatic hydroxyl groups is 1. The predicted octanol–water partition coefficient (Wildman–Crippen LogP) is 5.04. The molecular formula is C26H26O6. The molecule has 2 N–H and O–H groups in total. The van der Waals surface area contributed by atoms with Gasteiger partial charge in [-0.3, -0.25) is 4.79 Å². The minimum absolute atomic E-state index is 0.0488. The molecule has 3 aromatic rings. The van der Waals surface area contributed by atoms with Gasteiger partial charge in [0.2, 0.25) is 0 Å². The van der Waals surface area contributed by atoms with Crippen LogP contribution in [0.4, 0.5) is 0 Å². The minimum Gasteiger partial charge on any atom is -0.508 e. The Bertz CT molecular complexity index is 1070. The highest BCUT2D eigenvalue weighted by Crippen LogP contribution is 2.32. The monoisotopic (exact) mass is 434 g/mol. The van der Waals surface area contributed by atoms with Crippen LogP contribution in [0.15, 0.2) is 72.8 Å². The van der Waals surface area contributed by atoms with Crippen molar-refractivity contribution in [1.29, 1.82) is 0 Å². The van der Waals surface area contributed by atoms with Gasteiger partial charge in [0.25, 0.3) is 0 Å². The number of aliphatic hydroxyl groups excluding tert-OH is 1. The van der Waals surface area contributed by atoms with Crippen LogP contribution in [0.1, 0.15) is 36.6 Å². The lowest BCUT2D eigenvalue weighted by atomic mass is 10.1. The molecule has 0 aliphatic heterocycles. The lowest BCUT2D eigenvalue weighted by Crippen LogP contribution is -2.03. The van der Waals surface area contributed by atoms with Crippen molar-refractivity contribution in [2.24, 2.45) is 0 Å². The Morgan fingerprint density at radius 2 is 1.78 bits per heavy atom. The third kappa shape index (κ3) is 6.36. The Hall–Kier alpha value is -3.77. The summed E-state index contributed by atoms with van der Waals surface area (Å²) in [4.78, 5) is 11.2. The van der Waals surface area contributed by atoms with Gasteiger partial charge in [-0.25, -0.2) is 0 Å². The van der Waals surface area contributed by atoms with E-state index in [1.165, 1.54) is 19.1 Å². The zero-order chi connectivity index (χ0) is 22.9. The summed E-state index contributed by atoms with van der Waals surface area (Å²) in [5.74, 6) is 0.935. The standard InChI is InChI=1S/C26H26O6/c1-3-30-25-16-22(32-18(2)27)12-9-20(25)10-14-24(29)23-13-11-21(28)15-26(23)31-17-19-7-5-4-6-8-19/h4-16,24,28-29H,3,17H2,1-2H3. The Morgan fingerprint density at radius 1 is 1.00 bits per heavy atom. The first kappa shape index (κ1) is 22.9. The first-order chi connectivity index (χ1) is 15.5. The Balaban J connectivity index is 1.80. The van der Waals surface area contributed by atoms with Crippen molar-refractivity contribution in [3.8, 4) is 23.0 Å². The van der Waals surface area contributed by atoms with E-state index in [2.05, 4.69) is 0 Å². The van der Waals surface area contributed by atoms with E-state index >= 15 is 0 Å². The maximum Gasteiger partial charge on any atom is 0.308 e. The van der Waals surface area contributed by atoms with Crippen LogP contribution in [-0.2, 0) is 11.4 Å². The number of phenols is 1. The second-order valence-corrected chi connectivity index (χ2v) is 7.03. The smallest absolute Gasteiger partial charge is 0.308 e.